The highest BCUT2D eigenvalue weighted by Crippen LogP contribution is 2.26. The van der Waals surface area contributed by atoms with Crippen molar-refractivity contribution in [2.24, 2.45) is 5.92 Å². The van der Waals surface area contributed by atoms with E-state index in [1.54, 1.807) is 11.3 Å². The SMILES string of the molecule is Cc1sc2nc(CNC3CCCCC3C)[nH]c(=O)c2c1C. The monoisotopic (exact) mass is 305 g/mol. The van der Waals surface area contributed by atoms with Crippen molar-refractivity contribution in [3.63, 3.8) is 0 Å². The van der Waals surface area contributed by atoms with Crippen LogP contribution in [-0.4, -0.2) is 16.0 Å². The normalized spacial score (nSPS) is 22.8. The first-order valence-electron chi connectivity index (χ1n) is 7.78. The van der Waals surface area contributed by atoms with Gasteiger partial charge in [0.1, 0.15) is 10.7 Å². The van der Waals surface area contributed by atoms with E-state index in [0.717, 1.165) is 21.6 Å². The van der Waals surface area contributed by atoms with Crippen LogP contribution in [0.3, 0.4) is 0 Å². The molecule has 0 saturated heterocycles. The third-order valence-corrected chi connectivity index (χ3v) is 5.83. The van der Waals surface area contributed by atoms with E-state index in [0.29, 0.717) is 18.5 Å². The number of H-pyrrole nitrogens is 1. The zero-order chi connectivity index (χ0) is 15.0. The molecule has 1 saturated carbocycles. The zero-order valence-corrected chi connectivity index (χ0v) is 13.8. The molecule has 1 fully saturated rings. The topological polar surface area (TPSA) is 57.8 Å². The molecule has 0 spiro atoms. The van der Waals surface area contributed by atoms with Gasteiger partial charge in [0.15, 0.2) is 0 Å². The molecule has 2 N–H and O–H groups in total. The Balaban J connectivity index is 1.80. The number of thiophene rings is 1. The Labute approximate surface area is 129 Å². The maximum atomic E-state index is 12.2. The van der Waals surface area contributed by atoms with Gasteiger partial charge in [-0.05, 0) is 38.2 Å². The van der Waals surface area contributed by atoms with E-state index in [1.807, 2.05) is 13.8 Å². The van der Waals surface area contributed by atoms with Gasteiger partial charge < -0.3 is 10.3 Å². The quantitative estimate of drug-likeness (QED) is 0.915. The van der Waals surface area contributed by atoms with Crippen molar-refractivity contribution in [3.8, 4) is 0 Å². The number of nitrogens with one attached hydrogen (secondary N) is 2. The lowest BCUT2D eigenvalue weighted by molar-refractivity contribution is 0.278. The molecule has 2 aromatic heterocycles. The third-order valence-electron chi connectivity index (χ3n) is 4.73. The van der Waals surface area contributed by atoms with Gasteiger partial charge in [0.2, 0.25) is 0 Å². The number of nitrogens with zero attached hydrogens (tertiary/aromatic N) is 1. The summed E-state index contributed by atoms with van der Waals surface area (Å²) in [5.41, 5.74) is 1.06. The molecule has 2 heterocycles. The highest BCUT2D eigenvalue weighted by Gasteiger charge is 2.21. The first kappa shape index (κ1) is 14.7. The predicted molar refractivity (Wildman–Crippen MR) is 88.0 cm³/mol. The number of fused-ring (bicyclic) bond motifs is 1. The van der Waals surface area contributed by atoms with E-state index in [1.165, 1.54) is 30.6 Å². The summed E-state index contributed by atoms with van der Waals surface area (Å²) < 4.78 is 0. The molecule has 0 bridgehead atoms. The third kappa shape index (κ3) is 2.90. The number of hydrogen-bond acceptors (Lipinski definition) is 4. The van der Waals surface area contributed by atoms with Crippen LogP contribution in [0.2, 0.25) is 0 Å². The summed E-state index contributed by atoms with van der Waals surface area (Å²) in [6.45, 7) is 6.99. The van der Waals surface area contributed by atoms with Gasteiger partial charge in [-0.15, -0.1) is 11.3 Å². The molecule has 0 aliphatic heterocycles. The summed E-state index contributed by atoms with van der Waals surface area (Å²) >= 11 is 1.61. The molecule has 1 aliphatic rings. The van der Waals surface area contributed by atoms with Crippen LogP contribution in [0, 0.1) is 19.8 Å². The Morgan fingerprint density at radius 2 is 2.10 bits per heavy atom. The molecule has 2 aromatic rings. The minimum Gasteiger partial charge on any atom is -0.309 e. The molecule has 4 nitrogen and oxygen atoms in total. The van der Waals surface area contributed by atoms with Gasteiger partial charge >= 0.3 is 0 Å². The smallest absolute Gasteiger partial charge is 0.259 e. The second kappa shape index (κ2) is 5.89. The van der Waals surface area contributed by atoms with Crippen LogP contribution in [0.1, 0.15) is 48.9 Å². The van der Waals surface area contributed by atoms with Crippen LogP contribution in [0.5, 0.6) is 0 Å². The standard InChI is InChI=1S/C16H23N3OS/c1-9-6-4-5-7-12(9)17-8-13-18-15(20)14-10(2)11(3)21-16(14)19-13/h9,12,17H,4-8H2,1-3H3,(H,18,19,20). The van der Waals surface area contributed by atoms with Gasteiger partial charge in [-0.2, -0.15) is 0 Å². The number of hydrogen-bond donors (Lipinski definition) is 2. The van der Waals surface area contributed by atoms with E-state index >= 15 is 0 Å². The fraction of sp³-hybridized carbons (Fsp3) is 0.625. The fourth-order valence-corrected chi connectivity index (χ4v) is 4.28. The molecular formula is C16H23N3OS. The van der Waals surface area contributed by atoms with Crippen LogP contribution in [0.25, 0.3) is 10.2 Å². The molecule has 21 heavy (non-hydrogen) atoms. The van der Waals surface area contributed by atoms with Gasteiger partial charge in [0.25, 0.3) is 5.56 Å². The maximum Gasteiger partial charge on any atom is 0.259 e. The lowest BCUT2D eigenvalue weighted by Crippen LogP contribution is -2.37. The van der Waals surface area contributed by atoms with Crippen molar-refractivity contribution < 1.29 is 0 Å². The second-order valence-corrected chi connectivity index (χ2v) is 7.43. The Morgan fingerprint density at radius 3 is 2.86 bits per heavy atom. The van der Waals surface area contributed by atoms with Gasteiger partial charge in [0, 0.05) is 10.9 Å². The van der Waals surface area contributed by atoms with Gasteiger partial charge in [0.05, 0.1) is 11.9 Å². The first-order valence-corrected chi connectivity index (χ1v) is 8.60. The van der Waals surface area contributed by atoms with Gasteiger partial charge in [-0.1, -0.05) is 19.8 Å². The predicted octanol–water partition coefficient (Wildman–Crippen LogP) is 3.27. The van der Waals surface area contributed by atoms with E-state index < -0.39 is 0 Å². The minimum absolute atomic E-state index is 0.00431. The molecule has 0 radical (unpaired) electrons. The van der Waals surface area contributed by atoms with Crippen LogP contribution in [0.15, 0.2) is 4.79 Å². The van der Waals surface area contributed by atoms with E-state index in [4.69, 9.17) is 0 Å². The second-order valence-electron chi connectivity index (χ2n) is 6.23. The summed E-state index contributed by atoms with van der Waals surface area (Å²) in [5, 5.41) is 4.33. The summed E-state index contributed by atoms with van der Waals surface area (Å²) in [6.07, 6.45) is 5.16. The number of aryl methyl sites for hydroxylation is 2. The van der Waals surface area contributed by atoms with Crippen molar-refractivity contribution in [3.05, 3.63) is 26.6 Å². The number of aromatic nitrogens is 2. The van der Waals surface area contributed by atoms with Gasteiger partial charge in [-0.25, -0.2) is 4.98 Å². The molecule has 2 unspecified atom stereocenters. The molecule has 2 atom stereocenters. The molecular weight excluding hydrogens is 282 g/mol. The molecule has 0 aromatic carbocycles. The van der Waals surface area contributed by atoms with Crippen LogP contribution >= 0.6 is 11.3 Å². The number of aromatic amines is 1. The van der Waals surface area contributed by atoms with Crippen LogP contribution < -0.4 is 10.9 Å². The average Bonchev–Trinajstić information content (AvgIpc) is 2.73. The Kier molecular flexibility index (Phi) is 4.13. The lowest BCUT2D eigenvalue weighted by Gasteiger charge is -2.29. The van der Waals surface area contributed by atoms with E-state index in [9.17, 15) is 4.79 Å². The summed E-state index contributed by atoms with van der Waals surface area (Å²) in [4.78, 5) is 21.8. The zero-order valence-electron chi connectivity index (χ0n) is 13.0. The van der Waals surface area contributed by atoms with Crippen molar-refractivity contribution >= 4 is 21.6 Å². The first-order chi connectivity index (χ1) is 10.1. The summed E-state index contributed by atoms with van der Waals surface area (Å²) in [7, 11) is 0. The lowest BCUT2D eigenvalue weighted by atomic mass is 9.86. The number of rotatable bonds is 3. The average molecular weight is 305 g/mol. The van der Waals surface area contributed by atoms with Crippen LogP contribution in [0.4, 0.5) is 0 Å². The maximum absolute atomic E-state index is 12.2. The van der Waals surface area contributed by atoms with Crippen molar-refractivity contribution in [1.29, 1.82) is 0 Å². The van der Waals surface area contributed by atoms with Crippen molar-refractivity contribution in [1.82, 2.24) is 15.3 Å². The Morgan fingerprint density at radius 1 is 1.33 bits per heavy atom. The highest BCUT2D eigenvalue weighted by atomic mass is 32.1. The molecule has 114 valence electrons. The van der Waals surface area contributed by atoms with E-state index in [2.05, 4.69) is 22.2 Å². The van der Waals surface area contributed by atoms with Crippen molar-refractivity contribution in [2.75, 3.05) is 0 Å². The Bertz CT molecular complexity index is 703. The van der Waals surface area contributed by atoms with Crippen molar-refractivity contribution in [2.45, 2.75) is 59.0 Å². The molecule has 3 rings (SSSR count). The molecule has 0 amide bonds. The van der Waals surface area contributed by atoms with Gasteiger partial charge in [-0.3, -0.25) is 4.79 Å². The molecule has 1 aliphatic carbocycles. The highest BCUT2D eigenvalue weighted by molar-refractivity contribution is 7.18. The van der Waals surface area contributed by atoms with E-state index in [-0.39, 0.29) is 5.56 Å². The summed E-state index contributed by atoms with van der Waals surface area (Å²) in [5.74, 6) is 1.46. The largest absolute Gasteiger partial charge is 0.309 e. The minimum atomic E-state index is -0.00431. The molecule has 5 heteroatoms. The van der Waals surface area contributed by atoms with Crippen LogP contribution in [-0.2, 0) is 6.54 Å². The Hall–Kier alpha value is -1.20. The fourth-order valence-electron chi connectivity index (χ4n) is 3.23. The summed E-state index contributed by atoms with van der Waals surface area (Å²) in [6, 6.07) is 0.548.